The topological polar surface area (TPSA) is 52.7 Å². The number of carbonyl (C=O) groups is 2. The summed E-state index contributed by atoms with van der Waals surface area (Å²) in [5, 5.41) is 2.79. The van der Waals surface area contributed by atoms with E-state index in [1.54, 1.807) is 6.08 Å². The summed E-state index contributed by atoms with van der Waals surface area (Å²) in [5.74, 6) is -0.486. The van der Waals surface area contributed by atoms with Crippen molar-refractivity contribution in [1.82, 2.24) is 5.32 Å². The minimum absolute atomic E-state index is 0.0843. The molecule has 2 aromatic rings. The molecule has 0 aromatic heterocycles. The van der Waals surface area contributed by atoms with E-state index in [2.05, 4.69) is 50.0 Å². The zero-order valence-corrected chi connectivity index (χ0v) is 20.8. The molecule has 172 valence electrons. The highest BCUT2D eigenvalue weighted by Crippen LogP contribution is 2.43. The van der Waals surface area contributed by atoms with Crippen LogP contribution in [0.3, 0.4) is 0 Å². The first-order chi connectivity index (χ1) is 15.6. The van der Waals surface area contributed by atoms with Crippen LogP contribution in [0.15, 0.2) is 48.0 Å². The maximum Gasteiger partial charge on any atom is 0.270 e. The number of carbonyl (C=O) groups excluding carboxylic acids is 2. The van der Waals surface area contributed by atoms with E-state index in [0.717, 1.165) is 30.5 Å². The van der Waals surface area contributed by atoms with E-state index < -0.39 is 11.8 Å². The van der Waals surface area contributed by atoms with Gasteiger partial charge in [0.15, 0.2) is 5.11 Å². The van der Waals surface area contributed by atoms with Gasteiger partial charge in [0.1, 0.15) is 5.57 Å². The normalized spacial score (nSPS) is 21.3. The second-order valence-electron chi connectivity index (χ2n) is 9.63. The lowest BCUT2D eigenvalue weighted by atomic mass is 9.79. The van der Waals surface area contributed by atoms with Crippen LogP contribution in [0.5, 0.6) is 0 Å². The molecule has 1 atom stereocenters. The van der Waals surface area contributed by atoms with Gasteiger partial charge in [0.2, 0.25) is 0 Å². The number of nitrogens with zero attached hydrogens (tertiary/aromatic N) is 2. The molecule has 2 aliphatic heterocycles. The molecular formula is C27H31N3O2S. The second-order valence-corrected chi connectivity index (χ2v) is 10.0. The molecule has 6 heteroatoms. The van der Waals surface area contributed by atoms with Gasteiger partial charge >= 0.3 is 0 Å². The van der Waals surface area contributed by atoms with Gasteiger partial charge in [0.25, 0.3) is 11.8 Å². The maximum atomic E-state index is 13.4. The molecule has 0 saturated carbocycles. The lowest BCUT2D eigenvalue weighted by Crippen LogP contribution is -2.54. The quantitative estimate of drug-likeness (QED) is 0.380. The summed E-state index contributed by atoms with van der Waals surface area (Å²) in [6, 6.07) is 13.8. The second kappa shape index (κ2) is 8.75. The zero-order chi connectivity index (χ0) is 23.9. The van der Waals surface area contributed by atoms with Crippen LogP contribution in [0.25, 0.3) is 6.08 Å². The Morgan fingerprint density at radius 1 is 1.15 bits per heavy atom. The Morgan fingerprint density at radius 2 is 1.88 bits per heavy atom. The molecule has 33 heavy (non-hydrogen) atoms. The van der Waals surface area contributed by atoms with Gasteiger partial charge in [0, 0.05) is 17.8 Å². The molecule has 4 rings (SSSR count). The number of rotatable bonds is 4. The van der Waals surface area contributed by atoms with Gasteiger partial charge in [-0.25, -0.2) is 0 Å². The van der Waals surface area contributed by atoms with E-state index in [4.69, 9.17) is 12.2 Å². The van der Waals surface area contributed by atoms with E-state index in [-0.39, 0.29) is 16.2 Å². The first kappa shape index (κ1) is 23.2. The van der Waals surface area contributed by atoms with E-state index in [1.807, 2.05) is 37.3 Å². The Kier molecular flexibility index (Phi) is 6.14. The molecule has 0 bridgehead atoms. The zero-order valence-electron chi connectivity index (χ0n) is 19.9. The highest BCUT2D eigenvalue weighted by molar-refractivity contribution is 7.80. The van der Waals surface area contributed by atoms with Gasteiger partial charge in [-0.3, -0.25) is 19.8 Å². The van der Waals surface area contributed by atoms with Crippen molar-refractivity contribution >= 4 is 46.6 Å². The van der Waals surface area contributed by atoms with E-state index in [1.165, 1.54) is 16.2 Å². The number of nitrogens with one attached hydrogen (secondary N) is 1. The number of para-hydroxylation sites is 1. The summed E-state index contributed by atoms with van der Waals surface area (Å²) in [6.07, 6.45) is 3.81. The van der Waals surface area contributed by atoms with Gasteiger partial charge in [0.05, 0.1) is 5.69 Å². The maximum absolute atomic E-state index is 13.4. The molecule has 2 aromatic carbocycles. The van der Waals surface area contributed by atoms with Crippen molar-refractivity contribution in [2.24, 2.45) is 0 Å². The molecule has 2 amide bonds. The third-order valence-electron chi connectivity index (χ3n) is 6.63. The van der Waals surface area contributed by atoms with E-state index >= 15 is 0 Å². The minimum atomic E-state index is -0.464. The Morgan fingerprint density at radius 3 is 2.58 bits per heavy atom. The molecule has 1 fully saturated rings. The van der Waals surface area contributed by atoms with Crippen LogP contribution in [-0.4, -0.2) is 29.0 Å². The lowest BCUT2D eigenvalue weighted by molar-refractivity contribution is -0.122. The molecule has 2 heterocycles. The van der Waals surface area contributed by atoms with E-state index in [9.17, 15) is 9.59 Å². The number of aryl methyl sites for hydroxylation is 1. The largest absolute Gasteiger partial charge is 0.366 e. The fraction of sp³-hybridized carbons (Fsp3) is 0.370. The van der Waals surface area contributed by atoms with Crippen LogP contribution in [0.1, 0.15) is 63.1 Å². The molecule has 2 aliphatic rings. The van der Waals surface area contributed by atoms with Gasteiger partial charge in [-0.2, -0.15) is 0 Å². The standard InChI is InChI=1S/C27H31N3O2S/c1-6-13-29-23-12-11-19(14-20(23)18(3)16-27(29,4)5)15-21-24(31)28-26(33)30(25(21)32)22-10-8-7-9-17(22)2/h7-12,14-15,18H,6,13,16H2,1-5H3,(H,28,31,33)/b21-15-. The number of hydrogen-bond acceptors (Lipinski definition) is 4. The number of thiocarbonyl (C=S) groups is 1. The summed E-state index contributed by atoms with van der Waals surface area (Å²) in [7, 11) is 0. The molecule has 1 unspecified atom stereocenters. The Labute approximate surface area is 201 Å². The predicted octanol–water partition coefficient (Wildman–Crippen LogP) is 5.33. The van der Waals surface area contributed by atoms with Crippen molar-refractivity contribution in [3.8, 4) is 0 Å². The minimum Gasteiger partial charge on any atom is -0.366 e. The van der Waals surface area contributed by atoms with E-state index in [0.29, 0.717) is 11.6 Å². The van der Waals surface area contributed by atoms with Crippen molar-refractivity contribution in [3.63, 3.8) is 0 Å². The van der Waals surface area contributed by atoms with Gasteiger partial charge < -0.3 is 4.90 Å². The van der Waals surface area contributed by atoms with Crippen LogP contribution in [0, 0.1) is 6.92 Å². The fourth-order valence-corrected chi connectivity index (χ4v) is 5.38. The SMILES string of the molecule is CCCN1c2ccc(/C=C3/C(=O)NC(=S)N(c4ccccc4C)C3=O)cc2C(C)CC1(C)C. The molecule has 1 N–H and O–H groups in total. The van der Waals surface area contributed by atoms with Crippen LogP contribution in [0.4, 0.5) is 11.4 Å². The van der Waals surface area contributed by atoms with Gasteiger partial charge in [-0.1, -0.05) is 38.1 Å². The Hall–Kier alpha value is -2.99. The Bertz CT molecular complexity index is 1170. The summed E-state index contributed by atoms with van der Waals surface area (Å²) in [5.41, 5.74) is 5.09. The number of amides is 2. The summed E-state index contributed by atoms with van der Waals surface area (Å²) < 4.78 is 0. The van der Waals surface area contributed by atoms with Crippen LogP contribution < -0.4 is 15.1 Å². The van der Waals surface area contributed by atoms with Crippen molar-refractivity contribution < 1.29 is 9.59 Å². The first-order valence-corrected chi connectivity index (χ1v) is 11.9. The first-order valence-electron chi connectivity index (χ1n) is 11.5. The molecule has 0 aliphatic carbocycles. The van der Waals surface area contributed by atoms with Crippen molar-refractivity contribution in [3.05, 3.63) is 64.7 Å². The number of anilines is 2. The van der Waals surface area contributed by atoms with Gasteiger partial charge in [-0.15, -0.1) is 0 Å². The fourth-order valence-electron chi connectivity index (χ4n) is 5.10. The predicted molar refractivity (Wildman–Crippen MR) is 139 cm³/mol. The smallest absolute Gasteiger partial charge is 0.270 e. The average molecular weight is 462 g/mol. The monoisotopic (exact) mass is 461 g/mol. The summed E-state index contributed by atoms with van der Waals surface area (Å²) >= 11 is 5.34. The van der Waals surface area contributed by atoms with Crippen LogP contribution in [-0.2, 0) is 9.59 Å². The van der Waals surface area contributed by atoms with Crippen molar-refractivity contribution in [2.45, 2.75) is 58.9 Å². The van der Waals surface area contributed by atoms with Crippen LogP contribution >= 0.6 is 12.2 Å². The highest BCUT2D eigenvalue weighted by atomic mass is 32.1. The summed E-state index contributed by atoms with van der Waals surface area (Å²) in [6.45, 7) is 12.0. The molecule has 0 radical (unpaired) electrons. The highest BCUT2D eigenvalue weighted by Gasteiger charge is 2.37. The van der Waals surface area contributed by atoms with Crippen molar-refractivity contribution in [2.75, 3.05) is 16.3 Å². The molecule has 5 nitrogen and oxygen atoms in total. The third kappa shape index (κ3) is 4.20. The average Bonchev–Trinajstić information content (AvgIpc) is 2.75. The van der Waals surface area contributed by atoms with Crippen LogP contribution in [0.2, 0.25) is 0 Å². The molecular weight excluding hydrogens is 430 g/mol. The number of benzene rings is 2. The molecule has 1 saturated heterocycles. The molecule has 0 spiro atoms. The number of hydrogen-bond donors (Lipinski definition) is 1. The summed E-state index contributed by atoms with van der Waals surface area (Å²) in [4.78, 5) is 30.0. The number of fused-ring (bicyclic) bond motifs is 1. The third-order valence-corrected chi connectivity index (χ3v) is 6.91. The Balaban J connectivity index is 1.74. The lowest BCUT2D eigenvalue weighted by Gasteiger charge is -2.47. The van der Waals surface area contributed by atoms with Gasteiger partial charge in [-0.05, 0) is 92.7 Å². The van der Waals surface area contributed by atoms with Crippen molar-refractivity contribution in [1.29, 1.82) is 0 Å².